The summed E-state index contributed by atoms with van der Waals surface area (Å²) in [6.07, 6.45) is 3.69. The lowest BCUT2D eigenvalue weighted by atomic mass is 10.1. The van der Waals surface area contributed by atoms with Crippen molar-refractivity contribution >= 4 is 16.6 Å². The van der Waals surface area contributed by atoms with E-state index in [2.05, 4.69) is 20.6 Å². The highest BCUT2D eigenvalue weighted by Crippen LogP contribution is 2.18. The smallest absolute Gasteiger partial charge is 0.272 e. The van der Waals surface area contributed by atoms with Gasteiger partial charge in [-0.05, 0) is 18.9 Å². The van der Waals surface area contributed by atoms with Crippen LogP contribution in [0.3, 0.4) is 0 Å². The second-order valence-corrected chi connectivity index (χ2v) is 4.61. The lowest BCUT2D eigenvalue weighted by Gasteiger charge is -2.27. The lowest BCUT2D eigenvalue weighted by molar-refractivity contribution is 0.272. The normalized spacial score (nSPS) is 16.9. The molecule has 0 saturated carbocycles. The van der Waals surface area contributed by atoms with Gasteiger partial charge in [0.05, 0.1) is 5.39 Å². The Morgan fingerprint density at radius 1 is 1.11 bits per heavy atom. The minimum atomic E-state index is -0.144. The third-order valence-electron chi connectivity index (χ3n) is 3.32. The zero-order chi connectivity index (χ0) is 12.4. The van der Waals surface area contributed by atoms with Crippen molar-refractivity contribution in [2.75, 3.05) is 18.5 Å². The number of benzene rings is 1. The summed E-state index contributed by atoms with van der Waals surface area (Å²) >= 11 is 0. The van der Waals surface area contributed by atoms with Gasteiger partial charge in [0.1, 0.15) is 0 Å². The molecule has 1 fully saturated rings. The average molecular weight is 244 g/mol. The van der Waals surface area contributed by atoms with E-state index in [0.717, 1.165) is 24.3 Å². The topological polar surface area (TPSA) is 61.0 Å². The molecule has 18 heavy (non-hydrogen) atoms. The summed E-state index contributed by atoms with van der Waals surface area (Å²) in [7, 11) is 0. The van der Waals surface area contributed by atoms with Gasteiger partial charge in [-0.15, -0.1) is 0 Å². The van der Waals surface area contributed by atoms with Crippen LogP contribution in [-0.4, -0.2) is 28.3 Å². The summed E-state index contributed by atoms with van der Waals surface area (Å²) in [6.45, 7) is 2.05. The van der Waals surface area contributed by atoms with Crippen molar-refractivity contribution in [2.24, 2.45) is 0 Å². The summed E-state index contributed by atoms with van der Waals surface area (Å²) < 4.78 is 0. The monoisotopic (exact) mass is 244 g/mol. The number of nitrogens with zero attached hydrogens (tertiary/aromatic N) is 2. The molecule has 2 heterocycles. The Balaban J connectivity index is 1.96. The molecule has 1 aromatic heterocycles. The maximum Gasteiger partial charge on any atom is 0.272 e. The van der Waals surface area contributed by atoms with Gasteiger partial charge in [0.25, 0.3) is 5.56 Å². The number of hydrogen-bond donors (Lipinski definition) is 2. The molecule has 0 atom stereocenters. The van der Waals surface area contributed by atoms with Crippen LogP contribution in [0.2, 0.25) is 0 Å². The van der Waals surface area contributed by atoms with Gasteiger partial charge in [0, 0.05) is 18.5 Å². The van der Waals surface area contributed by atoms with Crippen molar-refractivity contribution < 1.29 is 0 Å². The largest absolute Gasteiger partial charge is 0.301 e. The number of fused-ring (bicyclic) bond motifs is 1. The number of rotatable bonds is 2. The quantitative estimate of drug-likeness (QED) is 0.844. The fourth-order valence-electron chi connectivity index (χ4n) is 2.36. The highest BCUT2D eigenvalue weighted by Gasteiger charge is 2.12. The van der Waals surface area contributed by atoms with Crippen LogP contribution in [-0.2, 0) is 0 Å². The van der Waals surface area contributed by atoms with Crippen molar-refractivity contribution in [2.45, 2.75) is 19.3 Å². The van der Waals surface area contributed by atoms with Gasteiger partial charge in [0.15, 0.2) is 5.82 Å². The van der Waals surface area contributed by atoms with Crippen molar-refractivity contribution in [3.05, 3.63) is 34.6 Å². The summed E-state index contributed by atoms with van der Waals surface area (Å²) in [6, 6.07) is 7.52. The molecule has 0 aliphatic carbocycles. The van der Waals surface area contributed by atoms with E-state index in [1.54, 1.807) is 0 Å². The first-order chi connectivity index (χ1) is 8.84. The molecule has 2 aromatic rings. The molecule has 94 valence electrons. The Morgan fingerprint density at radius 2 is 1.83 bits per heavy atom. The van der Waals surface area contributed by atoms with E-state index in [-0.39, 0.29) is 5.56 Å². The van der Waals surface area contributed by atoms with Crippen LogP contribution in [0.5, 0.6) is 0 Å². The van der Waals surface area contributed by atoms with E-state index in [1.807, 2.05) is 24.3 Å². The summed E-state index contributed by atoms with van der Waals surface area (Å²) in [5.74, 6) is 0.729. The molecule has 0 spiro atoms. The van der Waals surface area contributed by atoms with Crippen LogP contribution >= 0.6 is 0 Å². The molecule has 1 aliphatic heterocycles. The van der Waals surface area contributed by atoms with Crippen LogP contribution in [0, 0.1) is 0 Å². The van der Waals surface area contributed by atoms with Gasteiger partial charge in [-0.2, -0.15) is 5.10 Å². The van der Waals surface area contributed by atoms with E-state index >= 15 is 0 Å². The predicted molar refractivity (Wildman–Crippen MR) is 71.4 cm³/mol. The molecule has 5 heteroatoms. The minimum absolute atomic E-state index is 0.144. The predicted octanol–water partition coefficient (Wildman–Crippen LogP) is 1.74. The number of nitrogens with one attached hydrogen (secondary N) is 2. The molecule has 1 aliphatic rings. The second kappa shape index (κ2) is 4.78. The number of anilines is 1. The van der Waals surface area contributed by atoms with Gasteiger partial charge >= 0.3 is 0 Å². The van der Waals surface area contributed by atoms with E-state index < -0.39 is 0 Å². The third-order valence-corrected chi connectivity index (χ3v) is 3.32. The van der Waals surface area contributed by atoms with Crippen molar-refractivity contribution in [1.82, 2.24) is 15.2 Å². The van der Waals surface area contributed by atoms with E-state index in [9.17, 15) is 4.79 Å². The molecular formula is C13H16N4O. The van der Waals surface area contributed by atoms with Gasteiger partial charge in [-0.3, -0.25) is 4.79 Å². The standard InChI is InChI=1S/C13H16N4O/c18-13-11-7-3-2-6-10(11)12(14-15-13)16-17-8-4-1-5-9-17/h2-3,6-7H,1,4-5,8-9H2,(H,14,16)(H,15,18). The van der Waals surface area contributed by atoms with Crippen molar-refractivity contribution in [3.63, 3.8) is 0 Å². The van der Waals surface area contributed by atoms with Crippen LogP contribution in [0.1, 0.15) is 19.3 Å². The first kappa shape index (κ1) is 11.2. The molecular weight excluding hydrogens is 228 g/mol. The van der Waals surface area contributed by atoms with Gasteiger partial charge < -0.3 is 5.43 Å². The molecule has 0 bridgehead atoms. The summed E-state index contributed by atoms with van der Waals surface area (Å²) in [4.78, 5) is 11.7. The average Bonchev–Trinajstić information content (AvgIpc) is 2.44. The van der Waals surface area contributed by atoms with Gasteiger partial charge in [-0.1, -0.05) is 24.6 Å². The van der Waals surface area contributed by atoms with E-state index in [4.69, 9.17) is 0 Å². The zero-order valence-corrected chi connectivity index (χ0v) is 10.1. The van der Waals surface area contributed by atoms with Crippen LogP contribution in [0.4, 0.5) is 5.82 Å². The minimum Gasteiger partial charge on any atom is -0.301 e. The Morgan fingerprint density at radius 3 is 2.61 bits per heavy atom. The second-order valence-electron chi connectivity index (χ2n) is 4.61. The lowest BCUT2D eigenvalue weighted by Crippen LogP contribution is -2.35. The number of piperidine rings is 1. The number of hydrogen-bond acceptors (Lipinski definition) is 4. The first-order valence-electron chi connectivity index (χ1n) is 6.33. The molecule has 5 nitrogen and oxygen atoms in total. The molecule has 0 amide bonds. The number of hydrazine groups is 1. The van der Waals surface area contributed by atoms with Gasteiger partial charge in [0.2, 0.25) is 0 Å². The Hall–Kier alpha value is -1.88. The maximum absolute atomic E-state index is 11.7. The SMILES string of the molecule is O=c1[nH]nc(NN2CCCCC2)c2ccccc12. The van der Waals surface area contributed by atoms with Gasteiger partial charge in [-0.25, -0.2) is 10.1 Å². The summed E-state index contributed by atoms with van der Waals surface area (Å²) in [5.41, 5.74) is 3.16. The maximum atomic E-state index is 11.7. The van der Waals surface area contributed by atoms with E-state index in [1.165, 1.54) is 19.3 Å². The Kier molecular flexibility index (Phi) is 2.98. The highest BCUT2D eigenvalue weighted by atomic mass is 16.1. The fraction of sp³-hybridized carbons (Fsp3) is 0.385. The number of H-pyrrole nitrogens is 1. The number of aromatic amines is 1. The van der Waals surface area contributed by atoms with Crippen LogP contribution in [0.25, 0.3) is 10.8 Å². The number of aromatic nitrogens is 2. The Labute approximate surface area is 105 Å². The molecule has 2 N–H and O–H groups in total. The van der Waals surface area contributed by atoms with Crippen molar-refractivity contribution in [3.8, 4) is 0 Å². The molecule has 0 unspecified atom stereocenters. The van der Waals surface area contributed by atoms with Crippen LogP contribution < -0.4 is 11.0 Å². The molecule has 0 radical (unpaired) electrons. The van der Waals surface area contributed by atoms with E-state index in [0.29, 0.717) is 5.39 Å². The summed E-state index contributed by atoms with van der Waals surface area (Å²) in [5, 5.41) is 10.4. The molecule has 1 saturated heterocycles. The molecule has 1 aromatic carbocycles. The molecule has 3 rings (SSSR count). The zero-order valence-electron chi connectivity index (χ0n) is 10.1. The van der Waals surface area contributed by atoms with Crippen LogP contribution in [0.15, 0.2) is 29.1 Å². The Bertz CT molecular complexity index is 601. The first-order valence-corrected chi connectivity index (χ1v) is 6.33. The fourth-order valence-corrected chi connectivity index (χ4v) is 2.36. The highest BCUT2D eigenvalue weighted by molar-refractivity contribution is 5.90. The van der Waals surface area contributed by atoms with Crippen molar-refractivity contribution in [1.29, 1.82) is 0 Å². The third kappa shape index (κ3) is 2.09.